The summed E-state index contributed by atoms with van der Waals surface area (Å²) in [4.78, 5) is 34.3. The quantitative estimate of drug-likeness (QED) is 0.381. The first-order chi connectivity index (χ1) is 19.9. The molecule has 3 fully saturated rings. The molecule has 3 aliphatic rings. The molecule has 2 saturated heterocycles. The van der Waals surface area contributed by atoms with Crippen LogP contribution in [0.25, 0.3) is 11.0 Å². The van der Waals surface area contributed by atoms with Crippen molar-refractivity contribution in [3.8, 4) is 0 Å². The fourth-order valence-electron chi connectivity index (χ4n) is 6.09. The Balaban J connectivity index is 1.07. The van der Waals surface area contributed by atoms with Crippen LogP contribution in [0.1, 0.15) is 71.2 Å². The minimum absolute atomic E-state index is 0.0536. The van der Waals surface area contributed by atoms with Gasteiger partial charge in [0.25, 0.3) is 5.91 Å². The van der Waals surface area contributed by atoms with Gasteiger partial charge in [0.1, 0.15) is 17.8 Å². The van der Waals surface area contributed by atoms with Crippen LogP contribution in [-0.2, 0) is 6.42 Å². The maximum atomic E-state index is 15.4. The molecule has 7 rings (SSSR count). The zero-order valence-corrected chi connectivity index (χ0v) is 22.6. The molecule has 41 heavy (non-hydrogen) atoms. The standard InChI is InChI=1S/C30H31F2N7O2/c31-24-11-20(29(41)38-10-7-23(40)15-38)4-3-19(24)12-26-27-25(32)16-39(28(27)36-17-35-26)22-5-8-37(9-6-22)30-33-13-21(14-34-30)18-1-2-18/h3-4,11,13-14,16-18,22-23,40H,1-2,5-10,12,15H2/t23-/m1/s1. The number of carbonyl (C=O) groups excluding carboxylic acids is 1. The lowest BCUT2D eigenvalue weighted by molar-refractivity contribution is 0.0764. The van der Waals surface area contributed by atoms with E-state index in [4.69, 9.17) is 0 Å². The average Bonchev–Trinajstić information content (AvgIpc) is 3.67. The van der Waals surface area contributed by atoms with Crippen LogP contribution in [-0.4, -0.2) is 72.7 Å². The number of benzene rings is 1. The molecule has 0 bridgehead atoms. The number of hydrogen-bond acceptors (Lipinski definition) is 7. The number of nitrogens with zero attached hydrogens (tertiary/aromatic N) is 7. The Bertz CT molecular complexity index is 1600. The molecular formula is C30H31F2N7O2. The van der Waals surface area contributed by atoms with Gasteiger partial charge in [0.05, 0.1) is 17.2 Å². The monoisotopic (exact) mass is 559 g/mol. The van der Waals surface area contributed by atoms with Crippen molar-refractivity contribution in [3.05, 3.63) is 77.1 Å². The summed E-state index contributed by atoms with van der Waals surface area (Å²) in [6, 6.07) is 4.38. The highest BCUT2D eigenvalue weighted by Crippen LogP contribution is 2.39. The molecule has 1 saturated carbocycles. The fraction of sp³-hybridized carbons (Fsp3) is 0.433. The van der Waals surface area contributed by atoms with E-state index in [9.17, 15) is 9.90 Å². The molecule has 2 aliphatic heterocycles. The molecule has 11 heteroatoms. The number of β-amino-alcohol motifs (C(OH)–C–C–N with tert-alkyl or cyclic N) is 1. The van der Waals surface area contributed by atoms with E-state index in [1.807, 2.05) is 17.0 Å². The van der Waals surface area contributed by atoms with Gasteiger partial charge >= 0.3 is 0 Å². The zero-order valence-electron chi connectivity index (χ0n) is 22.6. The molecule has 1 aliphatic carbocycles. The number of halogens is 2. The van der Waals surface area contributed by atoms with E-state index < -0.39 is 17.7 Å². The molecule has 0 unspecified atom stereocenters. The Labute approximate surface area is 235 Å². The number of carbonyl (C=O) groups is 1. The SMILES string of the molecule is O=C(c1ccc(Cc2ncnc3c2c(F)cn3C2CCN(c3ncc(C4CC4)cn3)CC2)c(F)c1)N1CC[C@@H](O)C1. The van der Waals surface area contributed by atoms with Crippen LogP contribution in [0.5, 0.6) is 0 Å². The molecule has 1 amide bonds. The third kappa shape index (κ3) is 5.03. The van der Waals surface area contributed by atoms with E-state index in [0.29, 0.717) is 41.2 Å². The normalized spacial score (nSPS) is 19.8. The minimum atomic E-state index is -0.554. The van der Waals surface area contributed by atoms with Crippen LogP contribution >= 0.6 is 0 Å². The third-order valence-electron chi connectivity index (χ3n) is 8.60. The Morgan fingerprint density at radius 2 is 1.73 bits per heavy atom. The molecular weight excluding hydrogens is 528 g/mol. The molecule has 1 atom stereocenters. The number of amides is 1. The van der Waals surface area contributed by atoms with E-state index in [1.165, 1.54) is 41.9 Å². The topological polar surface area (TPSA) is 100 Å². The predicted molar refractivity (Wildman–Crippen MR) is 148 cm³/mol. The molecule has 0 radical (unpaired) electrons. The van der Waals surface area contributed by atoms with Crippen LogP contribution in [0, 0.1) is 11.6 Å². The summed E-state index contributed by atoms with van der Waals surface area (Å²) in [5.41, 5.74) is 2.64. The predicted octanol–water partition coefficient (Wildman–Crippen LogP) is 4.02. The lowest BCUT2D eigenvalue weighted by Crippen LogP contribution is -2.35. The summed E-state index contributed by atoms with van der Waals surface area (Å²) in [6.07, 6.45) is 10.8. The van der Waals surface area contributed by atoms with Crippen LogP contribution in [0.3, 0.4) is 0 Å². The number of aromatic nitrogens is 5. The number of aliphatic hydroxyl groups is 1. The maximum Gasteiger partial charge on any atom is 0.254 e. The first-order valence-electron chi connectivity index (χ1n) is 14.3. The van der Waals surface area contributed by atoms with Crippen LogP contribution in [0.2, 0.25) is 0 Å². The lowest BCUT2D eigenvalue weighted by atomic mass is 10.0. The van der Waals surface area contributed by atoms with Gasteiger partial charge in [-0.05, 0) is 61.3 Å². The van der Waals surface area contributed by atoms with Crippen molar-refractivity contribution in [2.45, 2.75) is 56.6 Å². The van der Waals surface area contributed by atoms with Crippen molar-refractivity contribution in [3.63, 3.8) is 0 Å². The maximum absolute atomic E-state index is 15.4. The number of rotatable bonds is 6. The van der Waals surface area contributed by atoms with Gasteiger partial charge in [0.2, 0.25) is 5.95 Å². The highest BCUT2D eigenvalue weighted by Gasteiger charge is 2.28. The van der Waals surface area contributed by atoms with Gasteiger partial charge in [-0.15, -0.1) is 0 Å². The van der Waals surface area contributed by atoms with E-state index in [1.54, 1.807) is 12.1 Å². The lowest BCUT2D eigenvalue weighted by Gasteiger charge is -2.32. The number of hydrogen-bond donors (Lipinski definition) is 1. The summed E-state index contributed by atoms with van der Waals surface area (Å²) in [7, 11) is 0. The average molecular weight is 560 g/mol. The molecule has 0 spiro atoms. The first-order valence-corrected chi connectivity index (χ1v) is 14.3. The molecule has 5 heterocycles. The van der Waals surface area contributed by atoms with E-state index in [0.717, 1.165) is 31.9 Å². The van der Waals surface area contributed by atoms with Gasteiger partial charge in [-0.1, -0.05) is 6.07 Å². The first kappa shape index (κ1) is 25.9. The van der Waals surface area contributed by atoms with E-state index >= 15 is 8.78 Å². The fourth-order valence-corrected chi connectivity index (χ4v) is 6.09. The number of fused-ring (bicyclic) bond motifs is 1. The van der Waals surface area contributed by atoms with Gasteiger partial charge in [-0.2, -0.15) is 0 Å². The van der Waals surface area contributed by atoms with Crippen LogP contribution in [0.4, 0.5) is 14.7 Å². The number of anilines is 1. The van der Waals surface area contributed by atoms with Crippen LogP contribution < -0.4 is 4.90 Å². The summed E-state index contributed by atoms with van der Waals surface area (Å²) in [6.45, 7) is 2.19. The van der Waals surface area contributed by atoms with Crippen molar-refractivity contribution in [2.24, 2.45) is 0 Å². The van der Waals surface area contributed by atoms with Gasteiger partial charge < -0.3 is 19.5 Å². The second-order valence-electron chi connectivity index (χ2n) is 11.4. The third-order valence-corrected chi connectivity index (χ3v) is 8.60. The van der Waals surface area contributed by atoms with Crippen LogP contribution in [0.15, 0.2) is 43.1 Å². The highest BCUT2D eigenvalue weighted by molar-refractivity contribution is 5.94. The Kier molecular flexibility index (Phi) is 6.61. The van der Waals surface area contributed by atoms with Gasteiger partial charge in [-0.25, -0.2) is 28.7 Å². The second kappa shape index (κ2) is 10.4. The number of likely N-dealkylation sites (tertiary alicyclic amines) is 1. The molecule has 1 N–H and O–H groups in total. The summed E-state index contributed by atoms with van der Waals surface area (Å²) in [5, 5.41) is 10.0. The molecule has 3 aromatic heterocycles. The zero-order chi connectivity index (χ0) is 28.1. The smallest absolute Gasteiger partial charge is 0.254 e. The van der Waals surface area contributed by atoms with E-state index in [-0.39, 0.29) is 30.5 Å². The highest BCUT2D eigenvalue weighted by atomic mass is 19.1. The van der Waals surface area contributed by atoms with Crippen molar-refractivity contribution >= 4 is 22.9 Å². The second-order valence-corrected chi connectivity index (χ2v) is 11.4. The summed E-state index contributed by atoms with van der Waals surface area (Å²) < 4.78 is 32.4. The summed E-state index contributed by atoms with van der Waals surface area (Å²) >= 11 is 0. The van der Waals surface area contributed by atoms with Gasteiger partial charge in [0.15, 0.2) is 5.82 Å². The number of aliphatic hydroxyl groups excluding tert-OH is 1. The minimum Gasteiger partial charge on any atom is -0.391 e. The van der Waals surface area contributed by atoms with Crippen molar-refractivity contribution < 1.29 is 18.7 Å². The molecule has 9 nitrogen and oxygen atoms in total. The van der Waals surface area contributed by atoms with Crippen molar-refractivity contribution in [2.75, 3.05) is 31.1 Å². The molecule has 4 aromatic rings. The number of piperidine rings is 1. The Morgan fingerprint density at radius 3 is 2.41 bits per heavy atom. The molecule has 1 aromatic carbocycles. The Morgan fingerprint density at radius 1 is 0.951 bits per heavy atom. The van der Waals surface area contributed by atoms with Gasteiger partial charge in [0, 0.05) is 62.8 Å². The van der Waals surface area contributed by atoms with Crippen molar-refractivity contribution in [1.29, 1.82) is 0 Å². The Hall–Kier alpha value is -3.99. The molecule has 212 valence electrons. The summed E-state index contributed by atoms with van der Waals surface area (Å²) in [5.74, 6) is 0.0502. The largest absolute Gasteiger partial charge is 0.391 e. The van der Waals surface area contributed by atoms with Gasteiger partial charge in [-0.3, -0.25) is 4.79 Å². The van der Waals surface area contributed by atoms with E-state index in [2.05, 4.69) is 24.8 Å². The van der Waals surface area contributed by atoms with Crippen molar-refractivity contribution in [1.82, 2.24) is 29.4 Å².